The van der Waals surface area contributed by atoms with Gasteiger partial charge in [-0.25, -0.2) is 4.79 Å². The number of thiophene rings is 1. The summed E-state index contributed by atoms with van der Waals surface area (Å²) in [5.74, 6) is -1.14. The monoisotopic (exact) mass is 298 g/mol. The van der Waals surface area contributed by atoms with Gasteiger partial charge in [-0.1, -0.05) is 0 Å². The van der Waals surface area contributed by atoms with Crippen LogP contribution in [0.5, 0.6) is 0 Å². The summed E-state index contributed by atoms with van der Waals surface area (Å²) in [6.07, 6.45) is 0. The highest BCUT2D eigenvalue weighted by molar-refractivity contribution is 7.19. The number of anilines is 2. The number of hydrogen-bond acceptors (Lipinski definition) is 7. The van der Waals surface area contributed by atoms with Crippen LogP contribution in [0.3, 0.4) is 0 Å². The molecule has 1 aromatic heterocycles. The second kappa shape index (κ2) is 6.10. The van der Waals surface area contributed by atoms with Crippen LogP contribution in [0.2, 0.25) is 0 Å². The average Bonchev–Trinajstić information content (AvgIpc) is 2.78. The summed E-state index contributed by atoms with van der Waals surface area (Å²) in [5, 5.41) is 3.89. The Morgan fingerprint density at radius 2 is 2.05 bits per heavy atom. The molecule has 1 aromatic rings. The molecule has 0 spiro atoms. The minimum absolute atomic E-state index is 0.120. The Morgan fingerprint density at radius 3 is 2.60 bits per heavy atom. The van der Waals surface area contributed by atoms with Crippen LogP contribution in [0.15, 0.2) is 0 Å². The Morgan fingerprint density at radius 1 is 1.40 bits per heavy atom. The van der Waals surface area contributed by atoms with Crippen molar-refractivity contribution in [2.75, 3.05) is 43.4 Å². The number of ether oxygens (including phenoxy) is 1. The molecule has 1 fully saturated rings. The molecule has 0 radical (unpaired) electrons. The van der Waals surface area contributed by atoms with Crippen molar-refractivity contribution in [2.24, 2.45) is 5.73 Å². The van der Waals surface area contributed by atoms with Crippen molar-refractivity contribution in [1.29, 1.82) is 0 Å². The Bertz CT molecular complexity index is 523. The lowest BCUT2D eigenvalue weighted by atomic mass is 10.2. The van der Waals surface area contributed by atoms with E-state index in [1.54, 1.807) is 6.92 Å². The predicted octanol–water partition coefficient (Wildman–Crippen LogP) is 0.0155. The van der Waals surface area contributed by atoms with Crippen LogP contribution in [0.4, 0.5) is 10.7 Å². The molecule has 0 aliphatic carbocycles. The molecule has 110 valence electrons. The summed E-state index contributed by atoms with van der Waals surface area (Å²) in [7, 11) is 0. The first kappa shape index (κ1) is 14.6. The van der Waals surface area contributed by atoms with E-state index >= 15 is 0 Å². The van der Waals surface area contributed by atoms with Crippen molar-refractivity contribution >= 4 is 33.9 Å². The van der Waals surface area contributed by atoms with Gasteiger partial charge in [0.05, 0.1) is 12.3 Å². The van der Waals surface area contributed by atoms with Crippen molar-refractivity contribution in [3.05, 3.63) is 10.4 Å². The first-order valence-corrected chi connectivity index (χ1v) is 7.22. The predicted molar refractivity (Wildman–Crippen MR) is 78.3 cm³/mol. The zero-order valence-corrected chi connectivity index (χ0v) is 12.1. The number of nitrogens with one attached hydrogen (secondary N) is 1. The topological polar surface area (TPSA) is 111 Å². The van der Waals surface area contributed by atoms with E-state index < -0.39 is 11.9 Å². The minimum atomic E-state index is -0.626. The second-order valence-corrected chi connectivity index (χ2v) is 5.35. The Kier molecular flexibility index (Phi) is 4.46. The highest BCUT2D eigenvalue weighted by Gasteiger charge is 2.29. The van der Waals surface area contributed by atoms with E-state index in [0.717, 1.165) is 37.5 Å². The SMILES string of the molecule is CCOC(=O)c1c(N2CCNCC2)sc(C(N)=O)c1N. The average molecular weight is 298 g/mol. The summed E-state index contributed by atoms with van der Waals surface area (Å²) in [4.78, 5) is 25.7. The fourth-order valence-electron chi connectivity index (χ4n) is 2.11. The van der Waals surface area contributed by atoms with Crippen molar-refractivity contribution < 1.29 is 14.3 Å². The number of nitrogens with zero attached hydrogens (tertiary/aromatic N) is 1. The van der Waals surface area contributed by atoms with Crippen molar-refractivity contribution in [3.8, 4) is 0 Å². The van der Waals surface area contributed by atoms with E-state index in [1.807, 2.05) is 4.90 Å². The maximum absolute atomic E-state index is 12.1. The van der Waals surface area contributed by atoms with Crippen molar-refractivity contribution in [3.63, 3.8) is 0 Å². The number of carbonyl (C=O) groups is 2. The molecule has 1 aliphatic rings. The molecule has 0 unspecified atom stereocenters. The summed E-state index contributed by atoms with van der Waals surface area (Å²) in [5.41, 5.74) is 11.6. The van der Waals surface area contributed by atoms with Gasteiger partial charge < -0.3 is 26.4 Å². The number of nitrogens with two attached hydrogens (primary N) is 2. The van der Waals surface area contributed by atoms with Crippen LogP contribution in [-0.2, 0) is 4.74 Å². The number of amides is 1. The maximum atomic E-state index is 12.1. The van der Waals surface area contributed by atoms with Gasteiger partial charge in [0.25, 0.3) is 5.91 Å². The molecule has 1 aliphatic heterocycles. The molecule has 5 N–H and O–H groups in total. The van der Waals surface area contributed by atoms with E-state index in [2.05, 4.69) is 5.32 Å². The van der Waals surface area contributed by atoms with E-state index in [-0.39, 0.29) is 22.7 Å². The molecule has 7 nitrogen and oxygen atoms in total. The van der Waals surface area contributed by atoms with Gasteiger partial charge in [-0.15, -0.1) is 11.3 Å². The molecule has 20 heavy (non-hydrogen) atoms. The lowest BCUT2D eigenvalue weighted by Gasteiger charge is -2.28. The molecule has 0 aromatic carbocycles. The number of primary amides is 1. The van der Waals surface area contributed by atoms with Gasteiger partial charge in [-0.2, -0.15) is 0 Å². The zero-order chi connectivity index (χ0) is 14.7. The number of piperazine rings is 1. The highest BCUT2D eigenvalue weighted by Crippen LogP contribution is 2.38. The fraction of sp³-hybridized carbons (Fsp3) is 0.500. The second-order valence-electron chi connectivity index (χ2n) is 4.35. The van der Waals surface area contributed by atoms with Gasteiger partial charge in [0.1, 0.15) is 15.4 Å². The lowest BCUT2D eigenvalue weighted by molar-refractivity contribution is 0.0529. The van der Waals surface area contributed by atoms with Gasteiger partial charge in [0, 0.05) is 26.2 Å². The van der Waals surface area contributed by atoms with Gasteiger partial charge in [-0.05, 0) is 6.92 Å². The van der Waals surface area contributed by atoms with Crippen LogP contribution < -0.4 is 21.7 Å². The van der Waals surface area contributed by atoms with Crippen LogP contribution in [0.1, 0.15) is 27.0 Å². The molecule has 2 rings (SSSR count). The normalized spacial score (nSPS) is 15.2. The number of carbonyl (C=O) groups excluding carboxylic acids is 2. The van der Waals surface area contributed by atoms with E-state index in [9.17, 15) is 9.59 Å². The number of nitrogen functional groups attached to an aromatic ring is 1. The summed E-state index contributed by atoms with van der Waals surface area (Å²) in [6.45, 7) is 5.08. The third-order valence-electron chi connectivity index (χ3n) is 3.03. The molecule has 8 heteroatoms. The number of rotatable bonds is 4. The summed E-state index contributed by atoms with van der Waals surface area (Å²) >= 11 is 1.15. The standard InChI is InChI=1S/C12H18N4O3S/c1-2-19-12(18)7-8(13)9(10(14)17)20-11(7)16-5-3-15-4-6-16/h15H,2-6,13H2,1H3,(H2,14,17). The quantitative estimate of drug-likeness (QED) is 0.676. The van der Waals surface area contributed by atoms with E-state index in [1.165, 1.54) is 0 Å². The number of hydrogen-bond donors (Lipinski definition) is 3. The minimum Gasteiger partial charge on any atom is -0.462 e. The van der Waals surface area contributed by atoms with E-state index in [4.69, 9.17) is 16.2 Å². The first-order chi connectivity index (χ1) is 9.56. The van der Waals surface area contributed by atoms with Gasteiger partial charge >= 0.3 is 5.97 Å². The third-order valence-corrected chi connectivity index (χ3v) is 4.32. The Labute approximate surface area is 120 Å². The van der Waals surface area contributed by atoms with Gasteiger partial charge in [-0.3, -0.25) is 4.79 Å². The van der Waals surface area contributed by atoms with Crippen LogP contribution in [0.25, 0.3) is 0 Å². The number of esters is 1. The summed E-state index contributed by atoms with van der Waals surface area (Å²) < 4.78 is 5.03. The van der Waals surface area contributed by atoms with Crippen LogP contribution in [-0.4, -0.2) is 44.7 Å². The molecule has 1 saturated heterocycles. The largest absolute Gasteiger partial charge is 0.462 e. The molecule has 0 saturated carbocycles. The van der Waals surface area contributed by atoms with E-state index in [0.29, 0.717) is 5.00 Å². The molecule has 0 bridgehead atoms. The molecule has 0 atom stereocenters. The highest BCUT2D eigenvalue weighted by atomic mass is 32.1. The Hall–Kier alpha value is -1.80. The third kappa shape index (κ3) is 2.70. The molecule has 1 amide bonds. The molecular formula is C12H18N4O3S. The van der Waals surface area contributed by atoms with Crippen molar-refractivity contribution in [2.45, 2.75) is 6.92 Å². The maximum Gasteiger partial charge on any atom is 0.343 e. The lowest BCUT2D eigenvalue weighted by Crippen LogP contribution is -2.43. The van der Waals surface area contributed by atoms with Gasteiger partial charge in [0.15, 0.2) is 0 Å². The smallest absolute Gasteiger partial charge is 0.343 e. The Balaban J connectivity index is 2.44. The molecule has 2 heterocycles. The van der Waals surface area contributed by atoms with Crippen molar-refractivity contribution in [1.82, 2.24) is 5.32 Å². The zero-order valence-electron chi connectivity index (χ0n) is 11.3. The van der Waals surface area contributed by atoms with Gasteiger partial charge in [0.2, 0.25) is 0 Å². The fourth-order valence-corrected chi connectivity index (χ4v) is 3.22. The first-order valence-electron chi connectivity index (χ1n) is 6.41. The summed E-state index contributed by atoms with van der Waals surface area (Å²) in [6, 6.07) is 0. The molecular weight excluding hydrogens is 280 g/mol. The van der Waals surface area contributed by atoms with Crippen LogP contribution in [0, 0.1) is 0 Å². The van der Waals surface area contributed by atoms with Crippen LogP contribution >= 0.6 is 11.3 Å².